The smallest absolute Gasteiger partial charge is 0.307 e. The number of hydrogen-bond donors (Lipinski definition) is 3. The normalized spacial score (nSPS) is 23.4. The minimum Gasteiger partial charge on any atom is -0.481 e. The van der Waals surface area contributed by atoms with Gasteiger partial charge in [0, 0.05) is 19.1 Å². The van der Waals surface area contributed by atoms with E-state index in [2.05, 4.69) is 10.0 Å². The predicted octanol–water partition coefficient (Wildman–Crippen LogP) is 0.336. The first-order valence-corrected chi connectivity index (χ1v) is 7.89. The molecule has 0 amide bonds. The quantitative estimate of drug-likeness (QED) is 0.745. The lowest BCUT2D eigenvalue weighted by atomic mass is 9.97. The molecule has 0 radical (unpaired) electrons. The van der Waals surface area contributed by atoms with E-state index in [9.17, 15) is 13.2 Å². The molecule has 1 fully saturated rings. The van der Waals surface area contributed by atoms with Crippen LogP contribution in [-0.2, 0) is 14.8 Å². The number of sulfonamides is 1. The van der Waals surface area contributed by atoms with E-state index < -0.39 is 28.0 Å². The Bertz CT molecular complexity index is 583. The van der Waals surface area contributed by atoms with Gasteiger partial charge in [-0.15, -0.1) is 0 Å². The van der Waals surface area contributed by atoms with Crippen LogP contribution in [0.5, 0.6) is 0 Å². The van der Waals surface area contributed by atoms with E-state index in [4.69, 9.17) is 5.11 Å². The molecule has 1 aromatic rings. The summed E-state index contributed by atoms with van der Waals surface area (Å²) in [4.78, 5) is 11.2. The fraction of sp³-hybridized carbons (Fsp3) is 0.462. The SMILES string of the molecule is Cc1ccc(S(=O)(=O)N[C@H]2CNC[C@H](C(=O)O)C2)cc1. The van der Waals surface area contributed by atoms with Gasteiger partial charge in [-0.3, -0.25) is 4.79 Å². The van der Waals surface area contributed by atoms with Crippen molar-refractivity contribution in [2.24, 2.45) is 5.92 Å². The minimum atomic E-state index is -3.61. The molecule has 1 aromatic carbocycles. The number of aliphatic carboxylic acids is 1. The standard InChI is InChI=1S/C13H18N2O4S/c1-9-2-4-12(5-3-9)20(18,19)15-11-6-10(13(16)17)7-14-8-11/h2-5,10-11,14-15H,6-8H2,1H3,(H,16,17)/t10-,11-/m1/s1. The van der Waals surface area contributed by atoms with E-state index in [-0.39, 0.29) is 4.90 Å². The molecule has 3 N–H and O–H groups in total. The third-order valence-corrected chi connectivity index (χ3v) is 4.89. The van der Waals surface area contributed by atoms with Crippen LogP contribution in [0.3, 0.4) is 0 Å². The molecular weight excluding hydrogens is 280 g/mol. The molecule has 1 aliphatic rings. The van der Waals surface area contributed by atoms with Crippen LogP contribution in [0.2, 0.25) is 0 Å². The summed E-state index contributed by atoms with van der Waals surface area (Å²) in [5.74, 6) is -1.47. The third-order valence-electron chi connectivity index (χ3n) is 3.35. The summed E-state index contributed by atoms with van der Waals surface area (Å²) in [5.41, 5.74) is 0.981. The molecule has 20 heavy (non-hydrogen) atoms. The number of piperidine rings is 1. The second-order valence-corrected chi connectivity index (χ2v) is 6.77. The molecule has 6 nitrogen and oxygen atoms in total. The third kappa shape index (κ3) is 3.56. The Kier molecular flexibility index (Phi) is 4.42. The molecular formula is C13H18N2O4S. The summed E-state index contributed by atoms with van der Waals surface area (Å²) in [6, 6.07) is 6.14. The topological polar surface area (TPSA) is 95.5 Å². The maximum absolute atomic E-state index is 12.2. The van der Waals surface area contributed by atoms with Crippen molar-refractivity contribution in [3.63, 3.8) is 0 Å². The molecule has 2 rings (SSSR count). The second kappa shape index (κ2) is 5.90. The number of rotatable bonds is 4. The molecule has 1 saturated heterocycles. The van der Waals surface area contributed by atoms with Crippen molar-refractivity contribution in [3.8, 4) is 0 Å². The van der Waals surface area contributed by atoms with Gasteiger partial charge in [-0.25, -0.2) is 13.1 Å². The van der Waals surface area contributed by atoms with Gasteiger partial charge in [0.15, 0.2) is 0 Å². The molecule has 2 atom stereocenters. The first kappa shape index (κ1) is 15.0. The Morgan fingerprint density at radius 3 is 2.55 bits per heavy atom. The van der Waals surface area contributed by atoms with Crippen molar-refractivity contribution >= 4 is 16.0 Å². The van der Waals surface area contributed by atoms with Gasteiger partial charge in [0.1, 0.15) is 0 Å². The van der Waals surface area contributed by atoms with Gasteiger partial charge in [0.25, 0.3) is 0 Å². The lowest BCUT2D eigenvalue weighted by Gasteiger charge is -2.28. The summed E-state index contributed by atoms with van der Waals surface area (Å²) in [6.07, 6.45) is 0.299. The van der Waals surface area contributed by atoms with Crippen molar-refractivity contribution in [2.45, 2.75) is 24.3 Å². The first-order chi connectivity index (χ1) is 9.38. The average Bonchev–Trinajstić information content (AvgIpc) is 2.39. The summed E-state index contributed by atoms with van der Waals surface area (Å²) >= 11 is 0. The summed E-state index contributed by atoms with van der Waals surface area (Å²) in [5, 5.41) is 11.9. The first-order valence-electron chi connectivity index (χ1n) is 6.41. The van der Waals surface area contributed by atoms with Crippen LogP contribution in [0.1, 0.15) is 12.0 Å². The van der Waals surface area contributed by atoms with Crippen molar-refractivity contribution in [3.05, 3.63) is 29.8 Å². The zero-order valence-corrected chi connectivity index (χ0v) is 12.0. The zero-order valence-electron chi connectivity index (χ0n) is 11.2. The Labute approximate surface area is 118 Å². The Hall–Kier alpha value is -1.44. The van der Waals surface area contributed by atoms with Gasteiger partial charge < -0.3 is 10.4 Å². The van der Waals surface area contributed by atoms with E-state index in [1.165, 1.54) is 0 Å². The largest absolute Gasteiger partial charge is 0.481 e. The number of hydrogen-bond acceptors (Lipinski definition) is 4. The fourth-order valence-corrected chi connectivity index (χ4v) is 3.47. The molecule has 7 heteroatoms. The number of benzene rings is 1. The molecule has 0 aromatic heterocycles. The second-order valence-electron chi connectivity index (χ2n) is 5.06. The maximum atomic E-state index is 12.2. The van der Waals surface area contributed by atoms with Gasteiger partial charge in [0.2, 0.25) is 10.0 Å². The highest BCUT2D eigenvalue weighted by atomic mass is 32.2. The number of carboxylic acid groups (broad SMARTS) is 1. The van der Waals surface area contributed by atoms with E-state index in [1.54, 1.807) is 24.3 Å². The maximum Gasteiger partial charge on any atom is 0.307 e. The molecule has 110 valence electrons. The lowest BCUT2D eigenvalue weighted by Crippen LogP contribution is -2.50. The molecule has 1 aliphatic heterocycles. The highest BCUT2D eigenvalue weighted by molar-refractivity contribution is 7.89. The number of aryl methyl sites for hydroxylation is 1. The molecule has 0 saturated carbocycles. The zero-order chi connectivity index (χ0) is 14.8. The van der Waals surface area contributed by atoms with Crippen LogP contribution < -0.4 is 10.0 Å². The monoisotopic (exact) mass is 298 g/mol. The highest BCUT2D eigenvalue weighted by Gasteiger charge is 2.29. The van der Waals surface area contributed by atoms with Gasteiger partial charge >= 0.3 is 5.97 Å². The molecule has 1 heterocycles. The van der Waals surface area contributed by atoms with E-state index >= 15 is 0 Å². The van der Waals surface area contributed by atoms with Crippen LogP contribution in [-0.4, -0.2) is 38.6 Å². The Balaban J connectivity index is 2.08. The number of carboxylic acids is 1. The van der Waals surface area contributed by atoms with E-state index in [0.29, 0.717) is 19.5 Å². The van der Waals surface area contributed by atoms with Crippen LogP contribution >= 0.6 is 0 Å². The van der Waals surface area contributed by atoms with Crippen LogP contribution in [0, 0.1) is 12.8 Å². The number of nitrogens with one attached hydrogen (secondary N) is 2. The van der Waals surface area contributed by atoms with E-state index in [0.717, 1.165) is 5.56 Å². The lowest BCUT2D eigenvalue weighted by molar-refractivity contribution is -0.142. The van der Waals surface area contributed by atoms with Crippen LogP contribution in [0.25, 0.3) is 0 Å². The number of carbonyl (C=O) groups is 1. The van der Waals surface area contributed by atoms with Crippen molar-refractivity contribution in [1.29, 1.82) is 0 Å². The average molecular weight is 298 g/mol. The molecule has 0 spiro atoms. The van der Waals surface area contributed by atoms with Crippen molar-refractivity contribution in [1.82, 2.24) is 10.0 Å². The van der Waals surface area contributed by atoms with Crippen molar-refractivity contribution < 1.29 is 18.3 Å². The minimum absolute atomic E-state index is 0.195. The van der Waals surface area contributed by atoms with Gasteiger partial charge in [-0.05, 0) is 25.5 Å². The summed E-state index contributed by atoms with van der Waals surface area (Å²) in [7, 11) is -3.61. The summed E-state index contributed by atoms with van der Waals surface area (Å²) in [6.45, 7) is 2.69. The van der Waals surface area contributed by atoms with Gasteiger partial charge in [0.05, 0.1) is 10.8 Å². The van der Waals surface area contributed by atoms with E-state index in [1.807, 2.05) is 6.92 Å². The predicted molar refractivity (Wildman–Crippen MR) is 73.9 cm³/mol. The molecule has 0 unspecified atom stereocenters. The molecule has 0 bridgehead atoms. The Morgan fingerprint density at radius 1 is 1.30 bits per heavy atom. The molecule has 0 aliphatic carbocycles. The van der Waals surface area contributed by atoms with Gasteiger partial charge in [-0.1, -0.05) is 17.7 Å². The fourth-order valence-electron chi connectivity index (χ4n) is 2.22. The van der Waals surface area contributed by atoms with Crippen LogP contribution in [0.4, 0.5) is 0 Å². The van der Waals surface area contributed by atoms with Crippen molar-refractivity contribution in [2.75, 3.05) is 13.1 Å². The summed E-state index contributed by atoms with van der Waals surface area (Å²) < 4.78 is 27.0. The Morgan fingerprint density at radius 2 is 1.95 bits per heavy atom. The van der Waals surface area contributed by atoms with Crippen LogP contribution in [0.15, 0.2) is 29.2 Å². The highest BCUT2D eigenvalue weighted by Crippen LogP contribution is 2.15. The van der Waals surface area contributed by atoms with Gasteiger partial charge in [-0.2, -0.15) is 0 Å².